The van der Waals surface area contributed by atoms with Gasteiger partial charge in [0.15, 0.2) is 0 Å². The van der Waals surface area contributed by atoms with E-state index >= 15 is 0 Å². The summed E-state index contributed by atoms with van der Waals surface area (Å²) in [6.45, 7) is 10.8. The van der Waals surface area contributed by atoms with E-state index < -0.39 is 0 Å². The normalized spacial score (nSPS) is 18.0. The SMILES string of the molecule is C=C1Nc2ccccc2C12CCN(Cc1ccc3c(c1)c1ccccc1n3CC)CC2. The number of allylic oxidation sites excluding steroid dienone is 1. The molecule has 31 heavy (non-hydrogen) atoms. The Kier molecular flexibility index (Phi) is 4.22. The predicted molar refractivity (Wildman–Crippen MR) is 131 cm³/mol. The largest absolute Gasteiger partial charge is 0.358 e. The highest BCUT2D eigenvalue weighted by Gasteiger charge is 2.44. The van der Waals surface area contributed by atoms with Crippen molar-refractivity contribution in [1.29, 1.82) is 0 Å². The van der Waals surface area contributed by atoms with Crippen LogP contribution in [-0.4, -0.2) is 22.6 Å². The van der Waals surface area contributed by atoms with Gasteiger partial charge in [0.25, 0.3) is 0 Å². The standard InChI is InChI=1S/C28H29N3/c1-3-31-26-11-7-4-8-22(26)23-18-21(12-13-27(23)31)19-30-16-14-28(15-17-30)20(2)29-25-10-6-5-9-24(25)28/h4-13,18,29H,2-3,14-17,19H2,1H3. The summed E-state index contributed by atoms with van der Waals surface area (Å²) < 4.78 is 2.43. The van der Waals surface area contributed by atoms with Crippen LogP contribution in [0.15, 0.2) is 79.0 Å². The molecule has 1 spiro atoms. The smallest absolute Gasteiger partial charge is 0.0491 e. The summed E-state index contributed by atoms with van der Waals surface area (Å²) in [5.74, 6) is 0. The third-order valence-corrected chi connectivity index (χ3v) is 7.57. The van der Waals surface area contributed by atoms with Gasteiger partial charge in [0.05, 0.1) is 0 Å². The molecule has 4 aromatic rings. The number of rotatable bonds is 3. The highest BCUT2D eigenvalue weighted by molar-refractivity contribution is 6.08. The van der Waals surface area contributed by atoms with Crippen molar-refractivity contribution < 1.29 is 0 Å². The van der Waals surface area contributed by atoms with Crippen molar-refractivity contribution >= 4 is 27.5 Å². The summed E-state index contributed by atoms with van der Waals surface area (Å²) in [5.41, 5.74) is 8.06. The number of aryl methyl sites for hydroxylation is 1. The summed E-state index contributed by atoms with van der Waals surface area (Å²) in [6, 6.07) is 24.6. The first kappa shape index (κ1) is 18.7. The molecule has 3 heterocycles. The summed E-state index contributed by atoms with van der Waals surface area (Å²) in [4.78, 5) is 2.61. The number of nitrogens with one attached hydrogen (secondary N) is 1. The third-order valence-electron chi connectivity index (χ3n) is 7.57. The molecular formula is C28H29N3. The molecule has 3 aromatic carbocycles. The fourth-order valence-corrected chi connectivity index (χ4v) is 5.92. The molecule has 0 atom stereocenters. The van der Waals surface area contributed by atoms with E-state index in [4.69, 9.17) is 0 Å². The fourth-order valence-electron chi connectivity index (χ4n) is 5.92. The van der Waals surface area contributed by atoms with Gasteiger partial charge in [0.2, 0.25) is 0 Å². The van der Waals surface area contributed by atoms with Gasteiger partial charge in [0, 0.05) is 51.7 Å². The number of hydrogen-bond donors (Lipinski definition) is 1. The molecule has 0 aliphatic carbocycles. The van der Waals surface area contributed by atoms with Crippen molar-refractivity contribution in [3.05, 3.63) is 90.1 Å². The minimum Gasteiger partial charge on any atom is -0.358 e. The number of aromatic nitrogens is 1. The van der Waals surface area contributed by atoms with E-state index in [2.05, 4.69) is 95.0 Å². The second-order valence-corrected chi connectivity index (χ2v) is 9.12. The van der Waals surface area contributed by atoms with E-state index in [1.54, 1.807) is 0 Å². The van der Waals surface area contributed by atoms with E-state index in [1.165, 1.54) is 44.3 Å². The molecule has 0 saturated carbocycles. The van der Waals surface area contributed by atoms with Gasteiger partial charge < -0.3 is 9.88 Å². The minimum atomic E-state index is 0.103. The Hall–Kier alpha value is -3.04. The zero-order valence-electron chi connectivity index (χ0n) is 18.2. The van der Waals surface area contributed by atoms with Crippen molar-refractivity contribution in [2.45, 2.75) is 38.3 Å². The lowest BCUT2D eigenvalue weighted by Gasteiger charge is -2.40. The van der Waals surface area contributed by atoms with Gasteiger partial charge in [0.1, 0.15) is 0 Å². The Balaban J connectivity index is 1.26. The van der Waals surface area contributed by atoms with Crippen LogP contribution in [0.2, 0.25) is 0 Å². The van der Waals surface area contributed by atoms with E-state index in [1.807, 2.05) is 0 Å². The first-order chi connectivity index (χ1) is 15.2. The van der Waals surface area contributed by atoms with Crippen molar-refractivity contribution in [1.82, 2.24) is 9.47 Å². The Labute approximate surface area is 184 Å². The van der Waals surface area contributed by atoms with Crippen molar-refractivity contribution in [3.63, 3.8) is 0 Å². The molecule has 2 aliphatic heterocycles. The van der Waals surface area contributed by atoms with Crippen molar-refractivity contribution in [2.75, 3.05) is 18.4 Å². The van der Waals surface area contributed by atoms with Gasteiger partial charge in [-0.1, -0.05) is 49.0 Å². The summed E-state index contributed by atoms with van der Waals surface area (Å²) in [6.07, 6.45) is 2.26. The van der Waals surface area contributed by atoms with Crippen LogP contribution in [0.25, 0.3) is 21.8 Å². The maximum atomic E-state index is 4.40. The quantitative estimate of drug-likeness (QED) is 0.431. The molecule has 0 amide bonds. The molecule has 6 rings (SSSR count). The lowest BCUT2D eigenvalue weighted by molar-refractivity contribution is 0.174. The van der Waals surface area contributed by atoms with Crippen LogP contribution >= 0.6 is 0 Å². The molecule has 0 radical (unpaired) electrons. The zero-order valence-corrected chi connectivity index (χ0v) is 18.2. The van der Waals surface area contributed by atoms with Crippen LogP contribution in [0, 0.1) is 0 Å². The number of likely N-dealkylation sites (tertiary alicyclic amines) is 1. The molecule has 0 bridgehead atoms. The number of anilines is 1. The highest BCUT2D eigenvalue weighted by atomic mass is 15.1. The molecule has 156 valence electrons. The van der Waals surface area contributed by atoms with Gasteiger partial charge in [-0.2, -0.15) is 0 Å². The van der Waals surface area contributed by atoms with Gasteiger partial charge in [-0.3, -0.25) is 4.90 Å². The second-order valence-electron chi connectivity index (χ2n) is 9.12. The van der Waals surface area contributed by atoms with Gasteiger partial charge in [-0.05, 0) is 68.2 Å². The fraction of sp³-hybridized carbons (Fsp3) is 0.286. The molecule has 1 fully saturated rings. The minimum absolute atomic E-state index is 0.103. The maximum absolute atomic E-state index is 4.40. The van der Waals surface area contributed by atoms with Crippen molar-refractivity contribution in [3.8, 4) is 0 Å². The summed E-state index contributed by atoms with van der Waals surface area (Å²) in [7, 11) is 0. The number of para-hydroxylation sites is 2. The predicted octanol–water partition coefficient (Wildman–Crippen LogP) is 6.29. The number of nitrogens with zero attached hydrogens (tertiary/aromatic N) is 2. The third kappa shape index (κ3) is 2.76. The van der Waals surface area contributed by atoms with E-state index in [0.717, 1.165) is 39.0 Å². The molecule has 3 nitrogen and oxygen atoms in total. The molecule has 1 saturated heterocycles. The first-order valence-electron chi connectivity index (χ1n) is 11.5. The number of benzene rings is 3. The monoisotopic (exact) mass is 407 g/mol. The highest BCUT2D eigenvalue weighted by Crippen LogP contribution is 2.49. The van der Waals surface area contributed by atoms with E-state index in [0.29, 0.717) is 0 Å². The zero-order chi connectivity index (χ0) is 21.0. The molecular weight excluding hydrogens is 378 g/mol. The van der Waals surface area contributed by atoms with Crippen LogP contribution in [0.4, 0.5) is 5.69 Å². The molecule has 0 unspecified atom stereocenters. The number of hydrogen-bond acceptors (Lipinski definition) is 2. The Bertz CT molecular complexity index is 1300. The topological polar surface area (TPSA) is 20.2 Å². The van der Waals surface area contributed by atoms with Crippen molar-refractivity contribution in [2.24, 2.45) is 0 Å². The van der Waals surface area contributed by atoms with Crippen LogP contribution in [0.1, 0.15) is 30.9 Å². The van der Waals surface area contributed by atoms with Gasteiger partial charge >= 0.3 is 0 Å². The van der Waals surface area contributed by atoms with Gasteiger partial charge in [-0.15, -0.1) is 0 Å². The molecule has 1 N–H and O–H groups in total. The van der Waals surface area contributed by atoms with Crippen LogP contribution in [0.5, 0.6) is 0 Å². The molecule has 3 heteroatoms. The molecule has 1 aromatic heterocycles. The Morgan fingerprint density at radius 2 is 1.65 bits per heavy atom. The Morgan fingerprint density at radius 1 is 0.903 bits per heavy atom. The van der Waals surface area contributed by atoms with Crippen LogP contribution in [-0.2, 0) is 18.5 Å². The average molecular weight is 408 g/mol. The van der Waals surface area contributed by atoms with Gasteiger partial charge in [-0.25, -0.2) is 0 Å². The van der Waals surface area contributed by atoms with E-state index in [-0.39, 0.29) is 5.41 Å². The van der Waals surface area contributed by atoms with E-state index in [9.17, 15) is 0 Å². The van der Waals surface area contributed by atoms with Crippen LogP contribution in [0.3, 0.4) is 0 Å². The average Bonchev–Trinajstić information content (AvgIpc) is 3.27. The number of fused-ring (bicyclic) bond motifs is 5. The number of piperidine rings is 1. The lowest BCUT2D eigenvalue weighted by atomic mass is 9.72. The maximum Gasteiger partial charge on any atom is 0.0491 e. The lowest BCUT2D eigenvalue weighted by Crippen LogP contribution is -2.42. The first-order valence-corrected chi connectivity index (χ1v) is 11.5. The van der Waals surface area contributed by atoms with Crippen LogP contribution < -0.4 is 5.32 Å². The second kappa shape index (κ2) is 7.00. The summed E-state index contributed by atoms with van der Waals surface area (Å²) >= 11 is 0. The Morgan fingerprint density at radius 3 is 2.48 bits per heavy atom. The summed E-state index contributed by atoms with van der Waals surface area (Å²) in [5, 5.41) is 6.30. The molecule has 2 aliphatic rings.